The zero-order valence-corrected chi connectivity index (χ0v) is 10.0. The normalized spacial score (nSPS) is 43.1. The molecule has 4 N–H and O–H groups in total. The summed E-state index contributed by atoms with van der Waals surface area (Å²) < 4.78 is 5.13. The molecule has 1 unspecified atom stereocenters. The third-order valence-corrected chi connectivity index (χ3v) is 3.38. The number of hydroxylamine groups is 1. The molecular formula is C10H14N2O7. The largest absolute Gasteiger partial charge is 0.708 e. The molecule has 1 saturated heterocycles. The van der Waals surface area contributed by atoms with Gasteiger partial charge in [-0.2, -0.15) is 10.1 Å². The fourth-order valence-corrected chi connectivity index (χ4v) is 2.28. The van der Waals surface area contributed by atoms with Gasteiger partial charge in [-0.05, 0) is 6.92 Å². The van der Waals surface area contributed by atoms with Gasteiger partial charge in [0.15, 0.2) is 0 Å². The van der Waals surface area contributed by atoms with Gasteiger partial charge in [0.2, 0.25) is 0 Å². The summed E-state index contributed by atoms with van der Waals surface area (Å²) in [5, 5.41) is 42.0. The maximum atomic E-state index is 11.7. The average molecular weight is 274 g/mol. The molecule has 2 aliphatic heterocycles. The Kier molecular flexibility index (Phi) is 3.31. The number of hydrogen-bond donors (Lipinski definition) is 4. The summed E-state index contributed by atoms with van der Waals surface area (Å²) in [4.78, 5) is 22.6. The van der Waals surface area contributed by atoms with Crippen LogP contribution in [0.1, 0.15) is 6.92 Å². The van der Waals surface area contributed by atoms with Crippen LogP contribution in [-0.2, 0) is 9.53 Å². The van der Waals surface area contributed by atoms with Crippen LogP contribution < -0.4 is 5.32 Å². The van der Waals surface area contributed by atoms with Crippen molar-refractivity contribution in [2.45, 2.75) is 30.8 Å². The molecular weight excluding hydrogens is 260 g/mol. The van der Waals surface area contributed by atoms with E-state index >= 15 is 0 Å². The van der Waals surface area contributed by atoms with Crippen molar-refractivity contribution >= 4 is 18.2 Å². The first kappa shape index (κ1) is 13.9. The first-order valence-corrected chi connectivity index (χ1v) is 5.62. The number of ether oxygens (including phenoxy) is 1. The van der Waals surface area contributed by atoms with Gasteiger partial charge >= 0.3 is 11.9 Å². The second-order valence-corrected chi connectivity index (χ2v) is 4.74. The number of aliphatic hydroxyl groups excluding tert-OH is 2. The molecule has 9 heteroatoms. The Bertz CT molecular complexity index is 447. The number of imide groups is 1. The zero-order chi connectivity index (χ0) is 14.4. The molecule has 0 bridgehead atoms. The minimum atomic E-state index is -1.84. The van der Waals surface area contributed by atoms with Crippen LogP contribution >= 0.6 is 0 Å². The summed E-state index contributed by atoms with van der Waals surface area (Å²) in [5.74, 6) is -2.05. The van der Waals surface area contributed by atoms with E-state index in [4.69, 9.17) is 9.84 Å². The Labute approximate surface area is 107 Å². The lowest BCUT2D eigenvalue weighted by atomic mass is 9.85. The molecule has 0 radical (unpaired) electrons. The average Bonchev–Trinajstić information content (AvgIpc) is 2.56. The molecule has 106 valence electrons. The van der Waals surface area contributed by atoms with Crippen LogP contribution in [0.3, 0.4) is 0 Å². The summed E-state index contributed by atoms with van der Waals surface area (Å²) in [6.45, 7) is 0.673. The molecule has 0 aromatic carbocycles. The van der Waals surface area contributed by atoms with E-state index in [1.165, 1.54) is 6.92 Å². The van der Waals surface area contributed by atoms with E-state index in [2.05, 4.69) is 0 Å². The predicted octanol–water partition coefficient (Wildman–Crippen LogP) is -2.69. The molecule has 0 aromatic heterocycles. The van der Waals surface area contributed by atoms with Crippen LogP contribution in [0.2, 0.25) is 0 Å². The van der Waals surface area contributed by atoms with Crippen molar-refractivity contribution < 1.29 is 34.4 Å². The molecule has 0 saturated carbocycles. The summed E-state index contributed by atoms with van der Waals surface area (Å²) in [5.41, 5.74) is -1.84. The third-order valence-electron chi connectivity index (χ3n) is 3.38. The van der Waals surface area contributed by atoms with E-state index in [-0.39, 0.29) is 4.74 Å². The molecule has 0 spiro atoms. The molecule has 2 heterocycles. The Morgan fingerprint density at radius 2 is 2.21 bits per heavy atom. The molecule has 0 aliphatic carbocycles. The summed E-state index contributed by atoms with van der Waals surface area (Å²) in [7, 11) is 0. The minimum absolute atomic E-state index is 0.0792. The van der Waals surface area contributed by atoms with Crippen molar-refractivity contribution in [3.05, 3.63) is 5.21 Å². The number of amides is 3. The quantitative estimate of drug-likeness (QED) is 0.317. The second-order valence-electron chi connectivity index (χ2n) is 4.74. The van der Waals surface area contributed by atoms with Crippen LogP contribution in [0, 0.1) is 11.1 Å². The van der Waals surface area contributed by atoms with E-state index in [0.717, 1.165) is 6.21 Å². The highest BCUT2D eigenvalue weighted by Crippen LogP contribution is 2.35. The van der Waals surface area contributed by atoms with Crippen molar-refractivity contribution in [1.82, 2.24) is 5.32 Å². The zero-order valence-electron chi connectivity index (χ0n) is 10.0. The molecule has 2 rings (SSSR count). The van der Waals surface area contributed by atoms with Gasteiger partial charge < -0.3 is 25.3 Å². The first-order valence-electron chi connectivity index (χ1n) is 5.62. The van der Waals surface area contributed by atoms with Crippen molar-refractivity contribution in [3.63, 3.8) is 0 Å². The van der Waals surface area contributed by atoms with Gasteiger partial charge in [-0.3, -0.25) is 0 Å². The summed E-state index contributed by atoms with van der Waals surface area (Å²) in [6, 6.07) is -1.13. The number of carbonyl (C=O) groups excluding carboxylic acids is 2. The third kappa shape index (κ3) is 2.10. The molecule has 5 atom stereocenters. The monoisotopic (exact) mass is 274 g/mol. The molecule has 1 fully saturated rings. The van der Waals surface area contributed by atoms with Crippen LogP contribution in [0.25, 0.3) is 0 Å². The van der Waals surface area contributed by atoms with E-state index in [9.17, 15) is 25.0 Å². The van der Waals surface area contributed by atoms with Crippen LogP contribution in [0.5, 0.6) is 0 Å². The first-order chi connectivity index (χ1) is 8.78. The SMILES string of the molecule is C[C@@]1(O)[C@H](O)[C@@H](CO)O[C@H]1C1C=[N+]([O-])C(=O)NC1=O. The molecule has 2 aliphatic rings. The van der Waals surface area contributed by atoms with Gasteiger partial charge in [-0.15, -0.1) is 0 Å². The lowest BCUT2D eigenvalue weighted by molar-refractivity contribution is -0.351. The fraction of sp³-hybridized carbons (Fsp3) is 0.700. The highest BCUT2D eigenvalue weighted by atomic mass is 16.6. The Hall–Kier alpha value is -1.55. The van der Waals surface area contributed by atoms with Gasteiger partial charge in [0.1, 0.15) is 29.8 Å². The highest BCUT2D eigenvalue weighted by Gasteiger charge is 2.57. The number of rotatable bonds is 2. The summed E-state index contributed by atoms with van der Waals surface area (Å²) in [6.07, 6.45) is -2.96. The van der Waals surface area contributed by atoms with Crippen LogP contribution in [0.4, 0.5) is 4.79 Å². The predicted molar refractivity (Wildman–Crippen MR) is 59.1 cm³/mol. The lowest BCUT2D eigenvalue weighted by Crippen LogP contribution is -2.56. The number of urea groups is 1. The standard InChI is InChI=1S/C10H14N2O7/c1-10(17)6(14)5(3-13)19-7(10)4-2-12(18)9(16)11-8(4)15/h2,4-7,13-14,17H,3H2,1H3,(H,11,15,16)/t4?,5-,6-,7+,10-/m1/s1. The molecule has 3 amide bonds. The molecule has 19 heavy (non-hydrogen) atoms. The van der Waals surface area contributed by atoms with E-state index < -0.39 is 48.4 Å². The highest BCUT2D eigenvalue weighted by molar-refractivity contribution is 6.04. The van der Waals surface area contributed by atoms with E-state index in [0.29, 0.717) is 0 Å². The topological polar surface area (TPSA) is 142 Å². The maximum absolute atomic E-state index is 11.7. The van der Waals surface area contributed by atoms with Gasteiger partial charge in [0.05, 0.1) is 12.8 Å². The lowest BCUT2D eigenvalue weighted by Gasteiger charge is -2.30. The Morgan fingerprint density at radius 3 is 2.74 bits per heavy atom. The van der Waals surface area contributed by atoms with Crippen molar-refractivity contribution in [2.24, 2.45) is 5.92 Å². The minimum Gasteiger partial charge on any atom is -0.708 e. The van der Waals surface area contributed by atoms with Gasteiger partial charge in [0.25, 0.3) is 0 Å². The van der Waals surface area contributed by atoms with E-state index in [1.54, 1.807) is 0 Å². The van der Waals surface area contributed by atoms with Crippen molar-refractivity contribution in [1.29, 1.82) is 0 Å². The molecule has 9 nitrogen and oxygen atoms in total. The Balaban J connectivity index is 2.32. The Morgan fingerprint density at radius 1 is 1.58 bits per heavy atom. The number of nitrogens with one attached hydrogen (secondary N) is 1. The number of hydrogen-bond acceptors (Lipinski definition) is 7. The van der Waals surface area contributed by atoms with E-state index in [1.807, 2.05) is 5.32 Å². The smallest absolute Gasteiger partial charge is 0.501 e. The molecule has 0 aromatic rings. The maximum Gasteiger partial charge on any atom is 0.501 e. The fourth-order valence-electron chi connectivity index (χ4n) is 2.28. The van der Waals surface area contributed by atoms with Crippen molar-refractivity contribution in [3.8, 4) is 0 Å². The van der Waals surface area contributed by atoms with Gasteiger partial charge in [-0.1, -0.05) is 0 Å². The number of aliphatic hydroxyl groups is 3. The van der Waals surface area contributed by atoms with Crippen molar-refractivity contribution in [2.75, 3.05) is 6.61 Å². The number of carbonyl (C=O) groups is 2. The van der Waals surface area contributed by atoms with Gasteiger partial charge in [-0.25, -0.2) is 9.53 Å². The van der Waals surface area contributed by atoms with Crippen LogP contribution in [0.15, 0.2) is 0 Å². The van der Waals surface area contributed by atoms with Gasteiger partial charge in [0, 0.05) is 0 Å². The summed E-state index contributed by atoms with van der Waals surface area (Å²) >= 11 is 0. The number of nitrogens with zero attached hydrogens (tertiary/aromatic N) is 1. The van der Waals surface area contributed by atoms with Crippen LogP contribution in [-0.4, -0.2) is 68.7 Å². The second kappa shape index (κ2) is 4.53.